The van der Waals surface area contributed by atoms with E-state index in [-0.39, 0.29) is 32.7 Å². The minimum absolute atomic E-state index is 0. The average molecular weight is 207 g/mol. The molecule has 0 aliphatic heterocycles. The molecule has 2 N–H and O–H groups in total. The molecule has 0 aliphatic carbocycles. The van der Waals surface area contributed by atoms with E-state index in [1.165, 1.54) is 0 Å². The van der Waals surface area contributed by atoms with Crippen molar-refractivity contribution in [1.29, 1.82) is 0 Å². The molecule has 0 amide bonds. The van der Waals surface area contributed by atoms with Crippen molar-refractivity contribution in [2.24, 2.45) is 10.7 Å². The van der Waals surface area contributed by atoms with E-state index >= 15 is 0 Å². The zero-order valence-electron chi connectivity index (χ0n) is 5.41. The fraction of sp³-hybridized carbons (Fsp3) is 0. The van der Waals surface area contributed by atoms with Crippen LogP contribution in [0.2, 0.25) is 0 Å². The van der Waals surface area contributed by atoms with E-state index < -0.39 is 0 Å². The third-order valence-electron chi connectivity index (χ3n) is 0.878. The number of nitrogens with zero attached hydrogens (tertiary/aromatic N) is 1. The predicted molar refractivity (Wildman–Crippen MR) is 36.6 cm³/mol. The first kappa shape index (κ1) is 9.79. The van der Waals surface area contributed by atoms with E-state index in [4.69, 9.17) is 5.73 Å². The van der Waals surface area contributed by atoms with Crippen LogP contribution in [-0.4, -0.2) is 6.34 Å². The molecule has 0 saturated heterocycles. The Morgan fingerprint density at radius 1 is 1.50 bits per heavy atom. The molecule has 1 rings (SSSR count). The Bertz CT molecular complexity index is 196. The second kappa shape index (κ2) is 5.57. The third kappa shape index (κ3) is 3.09. The maximum Gasteiger partial charge on any atom is 0 e. The van der Waals surface area contributed by atoms with E-state index in [0.29, 0.717) is 5.69 Å². The van der Waals surface area contributed by atoms with Crippen molar-refractivity contribution < 1.29 is 32.7 Å². The SMILES string of the molecule is N[C-]=Nc1[c-]cccc1.[Y]. The third-order valence-corrected chi connectivity index (χ3v) is 0.878. The minimum Gasteiger partial charge on any atom is -0.473 e. The van der Waals surface area contributed by atoms with Crippen LogP contribution in [0.4, 0.5) is 5.69 Å². The number of aliphatic imine (C=N–C) groups is 1. The van der Waals surface area contributed by atoms with Gasteiger partial charge in [0.25, 0.3) is 0 Å². The fourth-order valence-corrected chi connectivity index (χ4v) is 0.523. The number of rotatable bonds is 1. The first-order valence-electron chi connectivity index (χ1n) is 2.56. The van der Waals surface area contributed by atoms with Crippen LogP contribution in [0.25, 0.3) is 0 Å². The van der Waals surface area contributed by atoms with Crippen LogP contribution in [0.3, 0.4) is 0 Å². The molecular formula is C7H6N2Y-2. The molecule has 0 bridgehead atoms. The topological polar surface area (TPSA) is 38.4 Å². The summed E-state index contributed by atoms with van der Waals surface area (Å²) in [6, 6.07) is 10.2. The zero-order valence-corrected chi connectivity index (χ0v) is 8.25. The van der Waals surface area contributed by atoms with Gasteiger partial charge in [-0.2, -0.15) is 18.2 Å². The van der Waals surface area contributed by atoms with Crippen molar-refractivity contribution in [3.8, 4) is 0 Å². The van der Waals surface area contributed by atoms with Crippen LogP contribution < -0.4 is 5.73 Å². The molecule has 10 heavy (non-hydrogen) atoms. The zero-order chi connectivity index (χ0) is 6.53. The summed E-state index contributed by atoms with van der Waals surface area (Å²) < 4.78 is 0. The summed E-state index contributed by atoms with van der Waals surface area (Å²) in [7, 11) is 0. The van der Waals surface area contributed by atoms with Crippen LogP contribution in [0.15, 0.2) is 29.3 Å². The van der Waals surface area contributed by atoms with Gasteiger partial charge in [-0.3, -0.25) is 6.07 Å². The summed E-state index contributed by atoms with van der Waals surface area (Å²) in [5.74, 6) is 0. The summed E-state index contributed by atoms with van der Waals surface area (Å²) in [4.78, 5) is 3.68. The van der Waals surface area contributed by atoms with Crippen molar-refractivity contribution >= 4 is 12.0 Å². The van der Waals surface area contributed by atoms with Gasteiger partial charge in [-0.25, -0.2) is 11.8 Å². The van der Waals surface area contributed by atoms with Crippen LogP contribution in [-0.2, 0) is 32.7 Å². The van der Waals surface area contributed by atoms with E-state index in [2.05, 4.69) is 17.4 Å². The summed E-state index contributed by atoms with van der Waals surface area (Å²) in [5.41, 5.74) is 5.63. The minimum atomic E-state index is 0. The Morgan fingerprint density at radius 2 is 2.30 bits per heavy atom. The molecule has 0 aromatic heterocycles. The molecule has 0 aliphatic rings. The van der Waals surface area contributed by atoms with Gasteiger partial charge in [0.1, 0.15) is 0 Å². The molecule has 49 valence electrons. The molecule has 2 nitrogen and oxygen atoms in total. The number of nitrogens with two attached hydrogens (primary N) is 1. The average Bonchev–Trinajstić information content (AvgIpc) is 1.91. The van der Waals surface area contributed by atoms with Gasteiger partial charge in [0, 0.05) is 32.7 Å². The smallest absolute Gasteiger partial charge is 0 e. The molecular weight excluding hydrogens is 201 g/mol. The maximum atomic E-state index is 4.92. The molecule has 1 radical (unpaired) electrons. The molecule has 3 heteroatoms. The van der Waals surface area contributed by atoms with Crippen molar-refractivity contribution in [1.82, 2.24) is 0 Å². The van der Waals surface area contributed by atoms with Crippen molar-refractivity contribution in [2.45, 2.75) is 0 Å². The van der Waals surface area contributed by atoms with Gasteiger partial charge in [-0.15, -0.1) is 0 Å². The van der Waals surface area contributed by atoms with Gasteiger partial charge in [0.2, 0.25) is 0 Å². The van der Waals surface area contributed by atoms with Crippen molar-refractivity contribution in [3.05, 3.63) is 30.3 Å². The summed E-state index contributed by atoms with van der Waals surface area (Å²) >= 11 is 0. The molecule has 0 heterocycles. The van der Waals surface area contributed by atoms with Gasteiger partial charge in [-0.1, -0.05) is 6.34 Å². The van der Waals surface area contributed by atoms with Crippen LogP contribution in [0.5, 0.6) is 0 Å². The Balaban J connectivity index is 0.000000810. The van der Waals surface area contributed by atoms with Gasteiger partial charge in [0.05, 0.1) is 0 Å². The Kier molecular flexibility index (Phi) is 5.45. The quantitative estimate of drug-likeness (QED) is 0.317. The maximum absolute atomic E-state index is 4.92. The Hall–Kier alpha value is -0.206. The second-order valence-corrected chi connectivity index (χ2v) is 1.49. The fourth-order valence-electron chi connectivity index (χ4n) is 0.523. The summed E-state index contributed by atoms with van der Waals surface area (Å²) in [6.45, 7) is 0. The monoisotopic (exact) mass is 207 g/mol. The van der Waals surface area contributed by atoms with Crippen molar-refractivity contribution in [2.75, 3.05) is 0 Å². The van der Waals surface area contributed by atoms with E-state index in [9.17, 15) is 0 Å². The molecule has 0 saturated carbocycles. The normalized spacial score (nSPS) is 9.20. The first-order valence-corrected chi connectivity index (χ1v) is 2.56. The van der Waals surface area contributed by atoms with Gasteiger partial charge >= 0.3 is 0 Å². The molecule has 1 aromatic rings. The van der Waals surface area contributed by atoms with Gasteiger partial charge < -0.3 is 10.7 Å². The Morgan fingerprint density at radius 3 is 2.80 bits per heavy atom. The van der Waals surface area contributed by atoms with E-state index in [1.807, 2.05) is 12.1 Å². The number of hydrogen-bond donors (Lipinski definition) is 1. The first-order chi connectivity index (χ1) is 4.43. The molecule has 0 spiro atoms. The van der Waals surface area contributed by atoms with Crippen LogP contribution >= 0.6 is 0 Å². The number of benzene rings is 1. The van der Waals surface area contributed by atoms with E-state index in [0.717, 1.165) is 0 Å². The van der Waals surface area contributed by atoms with Crippen molar-refractivity contribution in [3.63, 3.8) is 0 Å². The van der Waals surface area contributed by atoms with Gasteiger partial charge in [-0.05, 0) is 0 Å². The van der Waals surface area contributed by atoms with Crippen LogP contribution in [0, 0.1) is 6.07 Å². The molecule has 0 unspecified atom stereocenters. The van der Waals surface area contributed by atoms with Crippen LogP contribution in [0.1, 0.15) is 0 Å². The summed E-state index contributed by atoms with van der Waals surface area (Å²) in [6.07, 6.45) is 2.18. The number of hydrogen-bond acceptors (Lipinski definition) is 1. The predicted octanol–water partition coefficient (Wildman–Crippen LogP) is 0.980. The van der Waals surface area contributed by atoms with E-state index in [1.54, 1.807) is 12.1 Å². The molecule has 0 fully saturated rings. The second-order valence-electron chi connectivity index (χ2n) is 1.49. The molecule has 1 aromatic carbocycles. The largest absolute Gasteiger partial charge is 0.473 e. The van der Waals surface area contributed by atoms with Gasteiger partial charge in [0.15, 0.2) is 0 Å². The standard InChI is InChI=1S/C7H6N2.Y/c8-6-9-7-4-2-1-3-5-7;/h1-4H,(H2,8,9);/q-2;. The Labute approximate surface area is 85.4 Å². The summed E-state index contributed by atoms with van der Waals surface area (Å²) in [5, 5.41) is 0. The molecule has 0 atom stereocenters. The number of para-hydroxylation sites is 1.